The Bertz CT molecular complexity index is 616. The van der Waals surface area contributed by atoms with Crippen molar-refractivity contribution in [3.05, 3.63) is 28.8 Å². The molecule has 1 N–H and O–H groups in total. The summed E-state index contributed by atoms with van der Waals surface area (Å²) in [5.41, 5.74) is 3.04. The average molecular weight is 343 g/mol. The van der Waals surface area contributed by atoms with Gasteiger partial charge in [0, 0.05) is 6.61 Å². The summed E-state index contributed by atoms with van der Waals surface area (Å²) >= 11 is 0. The van der Waals surface area contributed by atoms with Gasteiger partial charge in [0.2, 0.25) is 0 Å². The fourth-order valence-electron chi connectivity index (χ4n) is 2.59. The molecule has 23 heavy (non-hydrogen) atoms. The van der Waals surface area contributed by atoms with Crippen LogP contribution in [0, 0.1) is 0 Å². The van der Waals surface area contributed by atoms with E-state index >= 15 is 0 Å². The molecular formula is C18H30O4S. The van der Waals surface area contributed by atoms with Gasteiger partial charge in [-0.3, -0.25) is 4.18 Å². The van der Waals surface area contributed by atoms with Crippen molar-refractivity contribution in [2.45, 2.75) is 70.6 Å². The second-order valence-corrected chi connectivity index (χ2v) is 8.42. The Morgan fingerprint density at radius 3 is 1.83 bits per heavy atom. The number of aliphatic hydroxyl groups is 1. The lowest BCUT2D eigenvalue weighted by Gasteiger charge is -2.22. The summed E-state index contributed by atoms with van der Waals surface area (Å²) in [5, 5.41) is 8.82. The molecule has 0 aromatic heterocycles. The van der Waals surface area contributed by atoms with Gasteiger partial charge in [-0.25, -0.2) is 0 Å². The van der Waals surface area contributed by atoms with E-state index in [1.807, 2.05) is 19.9 Å². The number of hydrogen-bond donors (Lipinski definition) is 1. The highest BCUT2D eigenvalue weighted by molar-refractivity contribution is 7.86. The van der Waals surface area contributed by atoms with Crippen LogP contribution in [0.2, 0.25) is 0 Å². The average Bonchev–Trinajstić information content (AvgIpc) is 2.45. The third-order valence-corrected chi connectivity index (χ3v) is 5.26. The highest BCUT2D eigenvalue weighted by Crippen LogP contribution is 2.34. The van der Waals surface area contributed by atoms with E-state index in [0.29, 0.717) is 12.3 Å². The summed E-state index contributed by atoms with van der Waals surface area (Å²) in [5.74, 6) is 0.650. The smallest absolute Gasteiger partial charge is 0.297 e. The van der Waals surface area contributed by atoms with Gasteiger partial charge in [-0.2, -0.15) is 8.42 Å². The van der Waals surface area contributed by atoms with Gasteiger partial charge in [-0.15, -0.1) is 0 Å². The first-order valence-corrected chi connectivity index (χ1v) is 9.70. The van der Waals surface area contributed by atoms with Gasteiger partial charge in [-0.1, -0.05) is 47.6 Å². The molecule has 0 saturated heterocycles. The van der Waals surface area contributed by atoms with E-state index in [1.54, 1.807) is 6.07 Å². The van der Waals surface area contributed by atoms with Crippen LogP contribution in [0.25, 0.3) is 0 Å². The van der Waals surface area contributed by atoms with Gasteiger partial charge in [-0.05, 0) is 46.9 Å². The molecule has 0 aliphatic rings. The van der Waals surface area contributed by atoms with Crippen molar-refractivity contribution < 1.29 is 17.7 Å². The first-order chi connectivity index (χ1) is 10.6. The Morgan fingerprint density at radius 2 is 1.39 bits per heavy atom. The number of benzene rings is 1. The lowest BCUT2D eigenvalue weighted by atomic mass is 9.87. The molecule has 0 spiro atoms. The van der Waals surface area contributed by atoms with Crippen molar-refractivity contribution in [1.82, 2.24) is 0 Å². The van der Waals surface area contributed by atoms with Crippen molar-refractivity contribution >= 4 is 10.1 Å². The Hall–Kier alpha value is -0.910. The molecule has 4 nitrogen and oxygen atoms in total. The predicted molar refractivity (Wildman–Crippen MR) is 93.5 cm³/mol. The fraction of sp³-hybridized carbons (Fsp3) is 0.667. The molecule has 0 aliphatic carbocycles. The number of aliphatic hydroxyl groups excluding tert-OH is 1. The molecule has 0 fully saturated rings. The third-order valence-electron chi connectivity index (χ3n) is 3.89. The SMILES string of the molecule is CC(C)c1cc(C(C)C)c(S(=O)(=O)OCCCO)cc1C(C)C. The van der Waals surface area contributed by atoms with Crippen LogP contribution in [0.3, 0.4) is 0 Å². The van der Waals surface area contributed by atoms with Crippen molar-refractivity contribution in [2.24, 2.45) is 0 Å². The summed E-state index contributed by atoms with van der Waals surface area (Å²) in [4.78, 5) is 0.263. The standard InChI is InChI=1S/C18H30O4S/c1-12(2)15-10-17(14(5)6)18(11-16(15)13(3)4)23(20,21)22-9-7-8-19/h10-14,19H,7-9H2,1-6H3. The second-order valence-electron chi connectivity index (χ2n) is 6.84. The van der Waals surface area contributed by atoms with E-state index in [2.05, 4.69) is 27.7 Å². The molecule has 0 radical (unpaired) electrons. The molecule has 0 bridgehead atoms. The molecule has 1 aromatic carbocycles. The van der Waals surface area contributed by atoms with Gasteiger partial charge in [0.05, 0.1) is 11.5 Å². The maximum absolute atomic E-state index is 12.6. The normalized spacial score (nSPS) is 12.6. The molecule has 5 heteroatoms. The van der Waals surface area contributed by atoms with Gasteiger partial charge in [0.15, 0.2) is 0 Å². The highest BCUT2D eigenvalue weighted by Gasteiger charge is 2.25. The van der Waals surface area contributed by atoms with Crippen molar-refractivity contribution in [3.8, 4) is 0 Å². The first-order valence-electron chi connectivity index (χ1n) is 8.29. The maximum Gasteiger partial charge on any atom is 0.297 e. The van der Waals surface area contributed by atoms with E-state index in [9.17, 15) is 8.42 Å². The summed E-state index contributed by atoms with van der Waals surface area (Å²) in [7, 11) is -3.82. The van der Waals surface area contributed by atoms with Crippen LogP contribution in [-0.4, -0.2) is 26.7 Å². The van der Waals surface area contributed by atoms with Gasteiger partial charge < -0.3 is 5.11 Å². The number of rotatable bonds is 8. The minimum atomic E-state index is -3.82. The predicted octanol–water partition coefficient (Wildman–Crippen LogP) is 4.14. The molecule has 0 saturated carbocycles. The molecule has 0 unspecified atom stereocenters. The van der Waals surface area contributed by atoms with Gasteiger partial charge >= 0.3 is 0 Å². The molecule has 0 aliphatic heterocycles. The van der Waals surface area contributed by atoms with E-state index in [-0.39, 0.29) is 29.9 Å². The first kappa shape index (κ1) is 20.1. The monoisotopic (exact) mass is 342 g/mol. The third kappa shape index (κ3) is 5.03. The van der Waals surface area contributed by atoms with Crippen LogP contribution in [0.5, 0.6) is 0 Å². The lowest BCUT2D eigenvalue weighted by Crippen LogP contribution is -2.14. The van der Waals surface area contributed by atoms with E-state index < -0.39 is 10.1 Å². The van der Waals surface area contributed by atoms with E-state index in [0.717, 1.165) is 11.1 Å². The highest BCUT2D eigenvalue weighted by atomic mass is 32.2. The second kappa shape index (κ2) is 8.27. The summed E-state index contributed by atoms with van der Waals surface area (Å²) in [6, 6.07) is 3.80. The van der Waals surface area contributed by atoms with Gasteiger partial charge in [0.1, 0.15) is 0 Å². The molecule has 0 heterocycles. The molecule has 1 aromatic rings. The summed E-state index contributed by atoms with van der Waals surface area (Å²) in [6.07, 6.45) is 0.303. The van der Waals surface area contributed by atoms with Gasteiger partial charge in [0.25, 0.3) is 10.1 Å². The van der Waals surface area contributed by atoms with Crippen molar-refractivity contribution in [3.63, 3.8) is 0 Å². The quantitative estimate of drug-likeness (QED) is 0.569. The zero-order chi connectivity index (χ0) is 17.8. The van der Waals surface area contributed by atoms with Crippen LogP contribution < -0.4 is 0 Å². The van der Waals surface area contributed by atoms with Crippen molar-refractivity contribution in [1.29, 1.82) is 0 Å². The summed E-state index contributed by atoms with van der Waals surface area (Å²) < 4.78 is 30.3. The van der Waals surface area contributed by atoms with Crippen LogP contribution in [-0.2, 0) is 14.3 Å². The van der Waals surface area contributed by atoms with Crippen LogP contribution in [0.15, 0.2) is 17.0 Å². The van der Waals surface area contributed by atoms with E-state index in [4.69, 9.17) is 9.29 Å². The molecular weight excluding hydrogens is 312 g/mol. The Labute approximate surface area is 141 Å². The van der Waals surface area contributed by atoms with Crippen LogP contribution in [0.1, 0.15) is 82.4 Å². The minimum Gasteiger partial charge on any atom is -0.396 e. The Balaban J connectivity index is 3.48. The van der Waals surface area contributed by atoms with E-state index in [1.165, 1.54) is 5.56 Å². The van der Waals surface area contributed by atoms with Crippen LogP contribution >= 0.6 is 0 Å². The Morgan fingerprint density at radius 1 is 0.913 bits per heavy atom. The molecule has 1 rings (SSSR count). The van der Waals surface area contributed by atoms with Crippen molar-refractivity contribution in [2.75, 3.05) is 13.2 Å². The lowest BCUT2D eigenvalue weighted by molar-refractivity contribution is 0.236. The summed E-state index contributed by atoms with van der Waals surface area (Å²) in [6.45, 7) is 12.3. The molecule has 0 atom stereocenters. The fourth-order valence-corrected chi connectivity index (χ4v) is 3.91. The zero-order valence-electron chi connectivity index (χ0n) is 15.1. The zero-order valence-corrected chi connectivity index (χ0v) is 15.9. The largest absolute Gasteiger partial charge is 0.396 e. The Kier molecular flexibility index (Phi) is 7.24. The number of hydrogen-bond acceptors (Lipinski definition) is 4. The minimum absolute atomic E-state index is 0.000682. The van der Waals surface area contributed by atoms with Crippen LogP contribution in [0.4, 0.5) is 0 Å². The topological polar surface area (TPSA) is 63.6 Å². The maximum atomic E-state index is 12.6. The molecule has 132 valence electrons. The molecule has 0 amide bonds.